The van der Waals surface area contributed by atoms with Gasteiger partial charge in [0.25, 0.3) is 0 Å². The van der Waals surface area contributed by atoms with E-state index < -0.39 is 10.0 Å². The van der Waals surface area contributed by atoms with Crippen molar-refractivity contribution in [3.63, 3.8) is 0 Å². The highest BCUT2D eigenvalue weighted by Gasteiger charge is 2.32. The molecule has 0 aromatic heterocycles. The van der Waals surface area contributed by atoms with Crippen LogP contribution in [-0.4, -0.2) is 43.3 Å². The first kappa shape index (κ1) is 25.1. The molecule has 1 aliphatic heterocycles. The number of halogens is 1. The summed E-state index contributed by atoms with van der Waals surface area (Å²) >= 11 is 3.34. The topological polar surface area (TPSA) is 108 Å². The Labute approximate surface area is 202 Å². The minimum Gasteiger partial charge on any atom is -0.326 e. The van der Waals surface area contributed by atoms with Gasteiger partial charge in [-0.3, -0.25) is 9.59 Å². The first-order valence-corrected chi connectivity index (χ1v) is 12.8. The van der Waals surface area contributed by atoms with Crippen molar-refractivity contribution in [1.29, 1.82) is 0 Å². The number of carbonyl (C=O) groups is 2. The van der Waals surface area contributed by atoms with Crippen molar-refractivity contribution in [1.82, 2.24) is 9.73 Å². The first-order valence-electron chi connectivity index (χ1n) is 10.6. The molecule has 0 saturated carbocycles. The summed E-state index contributed by atoms with van der Waals surface area (Å²) in [6, 6.07) is 14.0. The van der Waals surface area contributed by atoms with Crippen LogP contribution in [0.1, 0.15) is 31.7 Å². The number of sulfonamides is 1. The molecule has 0 unspecified atom stereocenters. The van der Waals surface area contributed by atoms with Crippen molar-refractivity contribution >= 4 is 49.2 Å². The summed E-state index contributed by atoms with van der Waals surface area (Å²) in [5, 5.41) is 6.81. The summed E-state index contributed by atoms with van der Waals surface area (Å²) in [5.74, 6) is -0.833. The quantitative estimate of drug-likeness (QED) is 0.417. The Morgan fingerprint density at radius 2 is 1.67 bits per heavy atom. The van der Waals surface area contributed by atoms with Gasteiger partial charge in [-0.1, -0.05) is 33.6 Å². The number of piperidine rings is 1. The highest BCUT2D eigenvalue weighted by atomic mass is 79.9. The molecule has 1 saturated heterocycles. The highest BCUT2D eigenvalue weighted by Crippen LogP contribution is 2.24. The van der Waals surface area contributed by atoms with E-state index in [1.165, 1.54) is 4.31 Å². The molecule has 0 atom stereocenters. The number of amides is 2. The second-order valence-electron chi connectivity index (χ2n) is 8.05. The van der Waals surface area contributed by atoms with Crippen molar-refractivity contribution in [2.75, 3.05) is 18.4 Å². The highest BCUT2D eigenvalue weighted by molar-refractivity contribution is 9.10. The summed E-state index contributed by atoms with van der Waals surface area (Å²) in [5.41, 5.74) is 4.65. The Bertz CT molecular complexity index is 1120. The minimum absolute atomic E-state index is 0.0452. The largest absolute Gasteiger partial charge is 0.326 e. The fourth-order valence-corrected chi connectivity index (χ4v) is 5.20. The Balaban J connectivity index is 1.47. The molecule has 2 N–H and O–H groups in total. The molecule has 2 amide bonds. The van der Waals surface area contributed by atoms with Crippen LogP contribution in [0.15, 0.2) is 63.0 Å². The van der Waals surface area contributed by atoms with Crippen LogP contribution in [-0.2, 0) is 19.6 Å². The zero-order valence-corrected chi connectivity index (χ0v) is 20.9. The van der Waals surface area contributed by atoms with Gasteiger partial charge in [0.05, 0.1) is 11.3 Å². The number of benzene rings is 2. The number of carbonyl (C=O) groups excluding carboxylic acids is 2. The second-order valence-corrected chi connectivity index (χ2v) is 10.9. The van der Waals surface area contributed by atoms with Crippen LogP contribution in [0, 0.1) is 12.8 Å². The Morgan fingerprint density at radius 1 is 1.06 bits per heavy atom. The molecule has 0 spiro atoms. The van der Waals surface area contributed by atoms with E-state index in [-0.39, 0.29) is 42.1 Å². The zero-order chi connectivity index (χ0) is 24.0. The number of rotatable bonds is 7. The van der Waals surface area contributed by atoms with Gasteiger partial charge in [-0.05, 0) is 63.1 Å². The third-order valence-electron chi connectivity index (χ3n) is 5.38. The normalized spacial score (nSPS) is 15.8. The summed E-state index contributed by atoms with van der Waals surface area (Å²) in [7, 11) is -3.57. The lowest BCUT2D eigenvalue weighted by Gasteiger charge is -2.30. The molecule has 0 radical (unpaired) electrons. The van der Waals surface area contributed by atoms with E-state index in [4.69, 9.17) is 0 Å². The molecule has 1 heterocycles. The number of aryl methyl sites for hydroxylation is 1. The van der Waals surface area contributed by atoms with Crippen LogP contribution in [0.5, 0.6) is 0 Å². The van der Waals surface area contributed by atoms with Gasteiger partial charge >= 0.3 is 0 Å². The molecule has 2 aromatic carbocycles. The van der Waals surface area contributed by atoms with Crippen molar-refractivity contribution in [3.8, 4) is 0 Å². The van der Waals surface area contributed by atoms with Gasteiger partial charge in [-0.15, -0.1) is 0 Å². The SMILES string of the molecule is C/C(CC(=O)Nc1ccc(Br)cc1)=N\NC(=O)C1CCN(S(=O)(=O)c2ccc(C)cc2)CC1. The van der Waals surface area contributed by atoms with E-state index in [1.54, 1.807) is 43.3 Å². The lowest BCUT2D eigenvalue weighted by Crippen LogP contribution is -2.42. The van der Waals surface area contributed by atoms with Gasteiger partial charge in [0.1, 0.15) is 0 Å². The molecule has 2 aromatic rings. The molecule has 1 aliphatic rings. The summed E-state index contributed by atoms with van der Waals surface area (Å²) in [6.07, 6.45) is 0.870. The molecular weight excluding hydrogens is 508 g/mol. The minimum atomic E-state index is -3.57. The summed E-state index contributed by atoms with van der Waals surface area (Å²) < 4.78 is 27.9. The third-order valence-corrected chi connectivity index (χ3v) is 7.83. The lowest BCUT2D eigenvalue weighted by atomic mass is 9.98. The molecule has 1 fully saturated rings. The summed E-state index contributed by atoms with van der Waals surface area (Å²) in [4.78, 5) is 24.9. The standard InChI is InChI=1S/C23H27BrN4O4S/c1-16-3-9-21(10-4-16)33(31,32)28-13-11-18(12-14-28)23(30)27-26-17(2)15-22(29)25-20-7-5-19(24)6-8-20/h3-10,18H,11-15H2,1-2H3,(H,25,29)(H,27,30)/b26-17+. The number of hydrogen-bond donors (Lipinski definition) is 2. The monoisotopic (exact) mass is 534 g/mol. The first-order chi connectivity index (χ1) is 15.6. The van der Waals surface area contributed by atoms with Crippen molar-refractivity contribution in [3.05, 3.63) is 58.6 Å². The molecule has 3 rings (SSSR count). The predicted molar refractivity (Wildman–Crippen MR) is 131 cm³/mol. The fraction of sp³-hybridized carbons (Fsp3) is 0.348. The van der Waals surface area contributed by atoms with Gasteiger partial charge in [0.15, 0.2) is 0 Å². The van der Waals surface area contributed by atoms with Gasteiger partial charge in [0, 0.05) is 34.9 Å². The second kappa shape index (κ2) is 11.0. The maximum atomic E-state index is 12.8. The molecule has 8 nitrogen and oxygen atoms in total. The Hall–Kier alpha value is -2.56. The van der Waals surface area contributed by atoms with E-state index in [2.05, 4.69) is 31.8 Å². The average molecular weight is 535 g/mol. The maximum Gasteiger partial charge on any atom is 0.243 e. The van der Waals surface area contributed by atoms with E-state index >= 15 is 0 Å². The van der Waals surface area contributed by atoms with Crippen molar-refractivity contribution in [2.24, 2.45) is 11.0 Å². The molecule has 33 heavy (non-hydrogen) atoms. The lowest BCUT2D eigenvalue weighted by molar-refractivity contribution is -0.126. The number of nitrogens with one attached hydrogen (secondary N) is 2. The van der Waals surface area contributed by atoms with Crippen LogP contribution >= 0.6 is 15.9 Å². The van der Waals surface area contributed by atoms with E-state index in [0.29, 0.717) is 24.2 Å². The number of anilines is 1. The zero-order valence-electron chi connectivity index (χ0n) is 18.5. The smallest absolute Gasteiger partial charge is 0.243 e. The third kappa shape index (κ3) is 6.96. The molecular formula is C23H27BrN4O4S. The van der Waals surface area contributed by atoms with E-state index in [0.717, 1.165) is 10.0 Å². The Morgan fingerprint density at radius 3 is 2.27 bits per heavy atom. The van der Waals surface area contributed by atoms with Crippen LogP contribution in [0.4, 0.5) is 5.69 Å². The van der Waals surface area contributed by atoms with Gasteiger partial charge < -0.3 is 5.32 Å². The van der Waals surface area contributed by atoms with E-state index in [1.807, 2.05) is 19.1 Å². The molecule has 0 bridgehead atoms. The number of hydrogen-bond acceptors (Lipinski definition) is 5. The molecule has 0 aliphatic carbocycles. The van der Waals surface area contributed by atoms with Crippen LogP contribution in [0.3, 0.4) is 0 Å². The van der Waals surface area contributed by atoms with Gasteiger partial charge in [-0.2, -0.15) is 9.41 Å². The van der Waals surface area contributed by atoms with Crippen LogP contribution in [0.2, 0.25) is 0 Å². The maximum absolute atomic E-state index is 12.8. The van der Waals surface area contributed by atoms with Crippen molar-refractivity contribution < 1.29 is 18.0 Å². The average Bonchev–Trinajstić information content (AvgIpc) is 2.79. The van der Waals surface area contributed by atoms with Crippen LogP contribution < -0.4 is 10.7 Å². The van der Waals surface area contributed by atoms with Crippen LogP contribution in [0.25, 0.3) is 0 Å². The number of nitrogens with zero attached hydrogens (tertiary/aromatic N) is 2. The predicted octanol–water partition coefficient (Wildman–Crippen LogP) is 3.68. The van der Waals surface area contributed by atoms with E-state index in [9.17, 15) is 18.0 Å². The van der Waals surface area contributed by atoms with Gasteiger partial charge in [0.2, 0.25) is 21.8 Å². The van der Waals surface area contributed by atoms with Gasteiger partial charge in [-0.25, -0.2) is 13.8 Å². The molecule has 10 heteroatoms. The van der Waals surface area contributed by atoms with Crippen molar-refractivity contribution in [2.45, 2.75) is 38.0 Å². The molecule has 176 valence electrons. The fourth-order valence-electron chi connectivity index (χ4n) is 3.47. The Kier molecular flexibility index (Phi) is 8.39. The summed E-state index contributed by atoms with van der Waals surface area (Å²) in [6.45, 7) is 4.11. The number of hydrazone groups is 1.